The molecule has 0 bridgehead atoms. The van der Waals surface area contributed by atoms with Crippen LogP contribution in [0.4, 0.5) is 0 Å². The van der Waals surface area contributed by atoms with Crippen LogP contribution < -0.4 is 5.32 Å². The number of carboxylic acid groups (broad SMARTS) is 1. The van der Waals surface area contributed by atoms with Crippen LogP contribution in [0.15, 0.2) is 36.5 Å². The van der Waals surface area contributed by atoms with Gasteiger partial charge >= 0.3 is 5.97 Å². The fourth-order valence-electron chi connectivity index (χ4n) is 2.43. The molecule has 3 rings (SSSR count). The van der Waals surface area contributed by atoms with E-state index < -0.39 is 11.4 Å². The average molecular weight is 284 g/mol. The second kappa shape index (κ2) is 5.16. The van der Waals surface area contributed by atoms with Crippen LogP contribution in [0, 0.1) is 5.41 Å². The Kier molecular flexibility index (Phi) is 3.33. The van der Waals surface area contributed by atoms with E-state index in [0.29, 0.717) is 12.8 Å². The van der Waals surface area contributed by atoms with Crippen LogP contribution in [0.2, 0.25) is 0 Å². The van der Waals surface area contributed by atoms with Crippen LogP contribution in [0.3, 0.4) is 0 Å². The van der Waals surface area contributed by atoms with Gasteiger partial charge in [-0.15, -0.1) is 0 Å². The van der Waals surface area contributed by atoms with Crippen LogP contribution >= 0.6 is 0 Å². The molecule has 1 saturated carbocycles. The topological polar surface area (TPSA) is 79.3 Å². The Morgan fingerprint density at radius 1 is 1.24 bits per heavy atom. The Morgan fingerprint density at radius 2 is 2.00 bits per heavy atom. The first-order valence-corrected chi connectivity index (χ1v) is 6.93. The van der Waals surface area contributed by atoms with Crippen molar-refractivity contribution >= 4 is 22.8 Å². The number of nitrogens with zero attached hydrogens (tertiary/aromatic N) is 1. The molecule has 0 unspecified atom stereocenters. The molecule has 1 fully saturated rings. The van der Waals surface area contributed by atoms with Gasteiger partial charge in [0, 0.05) is 18.1 Å². The summed E-state index contributed by atoms with van der Waals surface area (Å²) in [5.74, 6) is -0.990. The van der Waals surface area contributed by atoms with E-state index in [9.17, 15) is 9.59 Å². The van der Waals surface area contributed by atoms with E-state index in [0.717, 1.165) is 16.5 Å². The molecule has 2 aromatic rings. The number of hydrogen-bond acceptors (Lipinski definition) is 3. The summed E-state index contributed by atoms with van der Waals surface area (Å²) in [6.45, 7) is 0.208. The van der Waals surface area contributed by atoms with Crippen molar-refractivity contribution in [3.8, 4) is 0 Å². The summed E-state index contributed by atoms with van der Waals surface area (Å²) in [6, 6.07) is 9.53. The van der Waals surface area contributed by atoms with Gasteiger partial charge in [0.2, 0.25) is 5.91 Å². The molecule has 1 aliphatic carbocycles. The van der Waals surface area contributed by atoms with Crippen LogP contribution in [0.1, 0.15) is 18.4 Å². The van der Waals surface area contributed by atoms with Gasteiger partial charge in [-0.1, -0.05) is 24.3 Å². The molecule has 108 valence electrons. The minimum absolute atomic E-state index is 0.166. The number of carbonyl (C=O) groups is 2. The standard InChI is InChI=1S/C16H16N2O3/c19-13(18-10-16(6-7-16)15(20)21)9-12-4-1-3-11-5-2-8-17-14(11)12/h1-5,8H,6-7,9-10H2,(H,18,19)(H,20,21). The van der Waals surface area contributed by atoms with E-state index in [1.807, 2.05) is 30.3 Å². The quantitative estimate of drug-likeness (QED) is 0.876. The third-order valence-corrected chi connectivity index (χ3v) is 4.00. The molecule has 0 radical (unpaired) electrons. The Bertz CT molecular complexity index is 702. The number of amides is 1. The molecule has 0 atom stereocenters. The zero-order valence-corrected chi connectivity index (χ0v) is 11.5. The number of aliphatic carboxylic acids is 1. The number of benzene rings is 1. The fraction of sp³-hybridized carbons (Fsp3) is 0.312. The number of pyridine rings is 1. The number of fused-ring (bicyclic) bond motifs is 1. The maximum absolute atomic E-state index is 12.0. The van der Waals surface area contributed by atoms with Gasteiger partial charge in [-0.05, 0) is 24.5 Å². The molecule has 0 saturated heterocycles. The molecule has 1 aromatic heterocycles. The highest BCUT2D eigenvalue weighted by Crippen LogP contribution is 2.45. The minimum Gasteiger partial charge on any atom is -0.481 e. The van der Waals surface area contributed by atoms with Gasteiger partial charge < -0.3 is 10.4 Å². The van der Waals surface area contributed by atoms with Crippen LogP contribution in [-0.4, -0.2) is 28.5 Å². The summed E-state index contributed by atoms with van der Waals surface area (Å²) >= 11 is 0. The lowest BCUT2D eigenvalue weighted by Crippen LogP contribution is -2.35. The van der Waals surface area contributed by atoms with Crippen molar-refractivity contribution < 1.29 is 14.7 Å². The molecule has 0 aliphatic heterocycles. The third kappa shape index (κ3) is 2.72. The predicted molar refractivity (Wildman–Crippen MR) is 77.8 cm³/mol. The van der Waals surface area contributed by atoms with Crippen molar-refractivity contribution in [1.82, 2.24) is 10.3 Å². The second-order valence-corrected chi connectivity index (χ2v) is 5.53. The monoisotopic (exact) mass is 284 g/mol. The molecule has 21 heavy (non-hydrogen) atoms. The molecule has 5 nitrogen and oxygen atoms in total. The number of carbonyl (C=O) groups excluding carboxylic acids is 1. The van der Waals surface area contributed by atoms with Crippen molar-refractivity contribution in [2.24, 2.45) is 5.41 Å². The first-order valence-electron chi connectivity index (χ1n) is 6.93. The van der Waals surface area contributed by atoms with Gasteiger partial charge in [-0.3, -0.25) is 14.6 Å². The SMILES string of the molecule is O=C(Cc1cccc2cccnc12)NCC1(C(=O)O)CC1. The number of aromatic nitrogens is 1. The van der Waals surface area contributed by atoms with Crippen molar-refractivity contribution in [2.75, 3.05) is 6.54 Å². The van der Waals surface area contributed by atoms with Crippen molar-refractivity contribution in [2.45, 2.75) is 19.3 Å². The molecule has 1 heterocycles. The summed E-state index contributed by atoms with van der Waals surface area (Å²) in [5.41, 5.74) is 0.937. The lowest BCUT2D eigenvalue weighted by molar-refractivity contribution is -0.143. The largest absolute Gasteiger partial charge is 0.481 e. The number of carboxylic acids is 1. The maximum Gasteiger partial charge on any atom is 0.311 e. The van der Waals surface area contributed by atoms with Crippen molar-refractivity contribution in [3.63, 3.8) is 0 Å². The molecular weight excluding hydrogens is 268 g/mol. The highest BCUT2D eigenvalue weighted by Gasteiger charge is 2.50. The van der Waals surface area contributed by atoms with Crippen LogP contribution in [0.25, 0.3) is 10.9 Å². The van der Waals surface area contributed by atoms with Gasteiger partial charge in [-0.25, -0.2) is 0 Å². The highest BCUT2D eigenvalue weighted by atomic mass is 16.4. The Hall–Kier alpha value is -2.43. The molecule has 1 aromatic carbocycles. The van der Waals surface area contributed by atoms with E-state index in [-0.39, 0.29) is 18.9 Å². The first-order chi connectivity index (χ1) is 10.1. The average Bonchev–Trinajstić information content (AvgIpc) is 3.27. The van der Waals surface area contributed by atoms with Gasteiger partial charge in [0.05, 0.1) is 17.4 Å². The van der Waals surface area contributed by atoms with E-state index in [1.165, 1.54) is 0 Å². The Labute approximate surface area is 122 Å². The van der Waals surface area contributed by atoms with Crippen LogP contribution in [-0.2, 0) is 16.0 Å². The van der Waals surface area contributed by atoms with E-state index in [2.05, 4.69) is 10.3 Å². The summed E-state index contributed by atoms with van der Waals surface area (Å²) in [4.78, 5) is 27.4. The summed E-state index contributed by atoms with van der Waals surface area (Å²) in [6.07, 6.45) is 3.19. The zero-order valence-electron chi connectivity index (χ0n) is 11.5. The third-order valence-electron chi connectivity index (χ3n) is 4.00. The zero-order chi connectivity index (χ0) is 14.9. The molecule has 0 spiro atoms. The number of hydrogen-bond donors (Lipinski definition) is 2. The Morgan fingerprint density at radius 3 is 2.71 bits per heavy atom. The van der Waals surface area contributed by atoms with Gasteiger partial charge in [-0.2, -0.15) is 0 Å². The molecular formula is C16H16N2O3. The summed E-state index contributed by atoms with van der Waals surface area (Å²) < 4.78 is 0. The fourth-order valence-corrected chi connectivity index (χ4v) is 2.43. The van der Waals surface area contributed by atoms with Crippen LogP contribution in [0.5, 0.6) is 0 Å². The van der Waals surface area contributed by atoms with Crippen molar-refractivity contribution in [3.05, 3.63) is 42.1 Å². The Balaban J connectivity index is 1.68. The molecule has 2 N–H and O–H groups in total. The second-order valence-electron chi connectivity index (χ2n) is 5.53. The predicted octanol–water partition coefficient (Wildman–Crippen LogP) is 1.76. The smallest absolute Gasteiger partial charge is 0.311 e. The van der Waals surface area contributed by atoms with E-state index >= 15 is 0 Å². The minimum atomic E-state index is -0.824. The van der Waals surface area contributed by atoms with E-state index in [4.69, 9.17) is 5.11 Å². The number of nitrogens with one attached hydrogen (secondary N) is 1. The number of rotatable bonds is 5. The summed E-state index contributed by atoms with van der Waals surface area (Å²) in [7, 11) is 0. The van der Waals surface area contributed by atoms with Gasteiger partial charge in [0.15, 0.2) is 0 Å². The highest BCUT2D eigenvalue weighted by molar-refractivity contribution is 5.88. The van der Waals surface area contributed by atoms with E-state index in [1.54, 1.807) is 6.20 Å². The molecule has 5 heteroatoms. The molecule has 1 amide bonds. The first kappa shape index (κ1) is 13.5. The van der Waals surface area contributed by atoms with Gasteiger partial charge in [0.25, 0.3) is 0 Å². The lowest BCUT2D eigenvalue weighted by Gasteiger charge is -2.11. The lowest BCUT2D eigenvalue weighted by atomic mass is 10.1. The number of para-hydroxylation sites is 1. The van der Waals surface area contributed by atoms with Gasteiger partial charge in [0.1, 0.15) is 0 Å². The maximum atomic E-state index is 12.0. The summed E-state index contributed by atoms with van der Waals surface area (Å²) in [5, 5.41) is 12.8. The normalized spacial score (nSPS) is 15.6. The molecule has 1 aliphatic rings. The van der Waals surface area contributed by atoms with Crippen molar-refractivity contribution in [1.29, 1.82) is 0 Å².